The molecule has 94 valence electrons. The van der Waals surface area contributed by atoms with Crippen molar-refractivity contribution in [3.63, 3.8) is 0 Å². The highest BCUT2D eigenvalue weighted by Crippen LogP contribution is 2.23. The van der Waals surface area contributed by atoms with Crippen LogP contribution in [0.2, 0.25) is 0 Å². The summed E-state index contributed by atoms with van der Waals surface area (Å²) >= 11 is 1.18. The molecule has 0 radical (unpaired) electrons. The predicted molar refractivity (Wildman–Crippen MR) is 69.6 cm³/mol. The molecule has 0 aliphatic carbocycles. The van der Waals surface area contributed by atoms with E-state index in [-0.39, 0.29) is 17.1 Å². The average Bonchev–Trinajstić information content (AvgIpc) is 2.30. The number of aromatic nitrogens is 2. The molecule has 2 rings (SSSR count). The Morgan fingerprint density at radius 1 is 1.39 bits per heavy atom. The first kappa shape index (κ1) is 12.4. The second-order valence-corrected chi connectivity index (χ2v) is 4.55. The summed E-state index contributed by atoms with van der Waals surface area (Å²) in [5.74, 6) is -0.00551. The number of thioether (sulfide) groups is 1. The van der Waals surface area contributed by atoms with Gasteiger partial charge < -0.3 is 16.5 Å². The zero-order valence-electron chi connectivity index (χ0n) is 9.31. The van der Waals surface area contributed by atoms with Gasteiger partial charge in [-0.25, -0.2) is 9.37 Å². The van der Waals surface area contributed by atoms with Crippen LogP contribution in [-0.4, -0.2) is 9.97 Å². The number of hydrogen-bond acceptors (Lipinski definition) is 5. The molecule has 5 nitrogen and oxygen atoms in total. The number of rotatable bonds is 3. The summed E-state index contributed by atoms with van der Waals surface area (Å²) in [6, 6.07) is 5.97. The Bertz CT molecular complexity index is 629. The number of nitrogens with one attached hydrogen (secondary N) is 1. The van der Waals surface area contributed by atoms with Crippen LogP contribution < -0.4 is 17.0 Å². The lowest BCUT2D eigenvalue weighted by atomic mass is 10.2. The van der Waals surface area contributed by atoms with E-state index < -0.39 is 5.82 Å². The molecule has 0 atom stereocenters. The fourth-order valence-electron chi connectivity index (χ4n) is 1.38. The summed E-state index contributed by atoms with van der Waals surface area (Å²) in [4.78, 5) is 17.6. The number of nitrogens with zero attached hydrogens (tertiary/aromatic N) is 1. The smallest absolute Gasteiger partial charge is 0.253 e. The first-order valence-corrected chi connectivity index (χ1v) is 6.07. The molecule has 0 aliphatic heterocycles. The van der Waals surface area contributed by atoms with Crippen molar-refractivity contribution >= 4 is 23.3 Å². The molecule has 0 spiro atoms. The maximum Gasteiger partial charge on any atom is 0.253 e. The standard InChI is InChI=1S/C11H11FN4OS/c12-10-6(2-1-3-7(10)13)5-18-11-15-8(14)4-9(17)16-11/h1-4H,5,13H2,(H3,14,15,16,17). The summed E-state index contributed by atoms with van der Waals surface area (Å²) < 4.78 is 13.6. The third-order valence-electron chi connectivity index (χ3n) is 2.21. The van der Waals surface area contributed by atoms with Crippen LogP contribution in [0, 0.1) is 5.82 Å². The van der Waals surface area contributed by atoms with Crippen LogP contribution >= 0.6 is 11.8 Å². The SMILES string of the molecule is Nc1cc(=O)[nH]c(SCc2cccc(N)c2F)n1. The van der Waals surface area contributed by atoms with Crippen LogP contribution in [-0.2, 0) is 5.75 Å². The first-order valence-electron chi connectivity index (χ1n) is 5.09. The minimum Gasteiger partial charge on any atom is -0.396 e. The van der Waals surface area contributed by atoms with E-state index in [1.807, 2.05) is 0 Å². The second-order valence-electron chi connectivity index (χ2n) is 3.58. The van der Waals surface area contributed by atoms with Gasteiger partial charge in [0.1, 0.15) is 11.6 Å². The molecule has 0 saturated carbocycles. The van der Waals surface area contributed by atoms with Gasteiger partial charge in [0.2, 0.25) is 0 Å². The Kier molecular flexibility index (Phi) is 3.52. The van der Waals surface area contributed by atoms with Crippen molar-refractivity contribution in [3.8, 4) is 0 Å². The molecular weight excluding hydrogens is 255 g/mol. The Labute approximate surface area is 106 Å². The van der Waals surface area contributed by atoms with Gasteiger partial charge in [0, 0.05) is 17.4 Å². The van der Waals surface area contributed by atoms with Crippen LogP contribution in [0.25, 0.3) is 0 Å². The maximum atomic E-state index is 13.6. The van der Waals surface area contributed by atoms with Crippen LogP contribution in [0.5, 0.6) is 0 Å². The van der Waals surface area contributed by atoms with Gasteiger partial charge in [0.15, 0.2) is 5.16 Å². The molecule has 1 aromatic carbocycles. The molecule has 0 saturated heterocycles. The Morgan fingerprint density at radius 2 is 2.17 bits per heavy atom. The van der Waals surface area contributed by atoms with Crippen molar-refractivity contribution in [3.05, 3.63) is 46.0 Å². The number of benzene rings is 1. The second kappa shape index (κ2) is 5.09. The van der Waals surface area contributed by atoms with Crippen molar-refractivity contribution in [2.75, 3.05) is 11.5 Å². The van der Waals surface area contributed by atoms with Crippen LogP contribution in [0.15, 0.2) is 34.2 Å². The summed E-state index contributed by atoms with van der Waals surface area (Å²) in [5, 5.41) is 0.349. The third-order valence-corrected chi connectivity index (χ3v) is 3.13. The maximum absolute atomic E-state index is 13.6. The number of anilines is 2. The summed E-state index contributed by atoms with van der Waals surface area (Å²) in [5.41, 5.74) is 11.1. The van der Waals surface area contributed by atoms with Crippen molar-refractivity contribution < 1.29 is 4.39 Å². The number of aromatic amines is 1. The van der Waals surface area contributed by atoms with E-state index in [0.29, 0.717) is 16.5 Å². The predicted octanol–water partition coefficient (Wildman–Crippen LogP) is 1.37. The quantitative estimate of drug-likeness (QED) is 0.443. The number of halogens is 1. The van der Waals surface area contributed by atoms with Crippen molar-refractivity contribution in [2.24, 2.45) is 0 Å². The van der Waals surface area contributed by atoms with E-state index in [1.54, 1.807) is 12.1 Å². The largest absolute Gasteiger partial charge is 0.396 e. The van der Waals surface area contributed by atoms with Crippen LogP contribution in [0.1, 0.15) is 5.56 Å². The van der Waals surface area contributed by atoms with E-state index >= 15 is 0 Å². The topological polar surface area (TPSA) is 97.8 Å². The number of hydrogen-bond donors (Lipinski definition) is 3. The fraction of sp³-hybridized carbons (Fsp3) is 0.0909. The minimum absolute atomic E-state index is 0.0992. The van der Waals surface area contributed by atoms with E-state index in [0.717, 1.165) is 0 Å². The van der Waals surface area contributed by atoms with E-state index in [2.05, 4.69) is 9.97 Å². The monoisotopic (exact) mass is 266 g/mol. The van der Waals surface area contributed by atoms with Crippen molar-refractivity contribution in [2.45, 2.75) is 10.9 Å². The molecule has 1 heterocycles. The van der Waals surface area contributed by atoms with Crippen molar-refractivity contribution in [1.29, 1.82) is 0 Å². The highest BCUT2D eigenvalue weighted by Gasteiger charge is 2.07. The Hall–Kier alpha value is -2.02. The third kappa shape index (κ3) is 2.80. The van der Waals surface area contributed by atoms with Gasteiger partial charge in [-0.15, -0.1) is 0 Å². The van der Waals surface area contributed by atoms with Gasteiger partial charge in [-0.3, -0.25) is 4.79 Å². The summed E-state index contributed by atoms with van der Waals surface area (Å²) in [6.45, 7) is 0. The van der Waals surface area contributed by atoms with E-state index in [9.17, 15) is 9.18 Å². The Balaban J connectivity index is 2.16. The van der Waals surface area contributed by atoms with Gasteiger partial charge in [0.25, 0.3) is 5.56 Å². The number of nitrogen functional groups attached to an aromatic ring is 2. The molecule has 7 heteroatoms. The van der Waals surface area contributed by atoms with E-state index in [1.165, 1.54) is 23.9 Å². The molecule has 1 aromatic heterocycles. The normalized spacial score (nSPS) is 10.5. The zero-order valence-corrected chi connectivity index (χ0v) is 10.1. The highest BCUT2D eigenvalue weighted by atomic mass is 32.2. The summed E-state index contributed by atoms with van der Waals surface area (Å²) in [6.07, 6.45) is 0. The van der Waals surface area contributed by atoms with Gasteiger partial charge in [-0.2, -0.15) is 0 Å². The molecule has 2 aromatic rings. The molecule has 0 fully saturated rings. The number of H-pyrrole nitrogens is 1. The lowest BCUT2D eigenvalue weighted by Gasteiger charge is -2.05. The average molecular weight is 266 g/mol. The Morgan fingerprint density at radius 3 is 2.89 bits per heavy atom. The lowest BCUT2D eigenvalue weighted by Crippen LogP contribution is -2.09. The van der Waals surface area contributed by atoms with Crippen LogP contribution in [0.4, 0.5) is 15.9 Å². The molecule has 5 N–H and O–H groups in total. The molecule has 0 bridgehead atoms. The molecule has 18 heavy (non-hydrogen) atoms. The molecule has 0 aliphatic rings. The van der Waals surface area contributed by atoms with Gasteiger partial charge in [-0.05, 0) is 6.07 Å². The van der Waals surface area contributed by atoms with Gasteiger partial charge in [0.05, 0.1) is 5.69 Å². The minimum atomic E-state index is -0.448. The van der Waals surface area contributed by atoms with Gasteiger partial charge in [-0.1, -0.05) is 23.9 Å². The summed E-state index contributed by atoms with van der Waals surface area (Å²) in [7, 11) is 0. The lowest BCUT2D eigenvalue weighted by molar-refractivity contribution is 0.622. The highest BCUT2D eigenvalue weighted by molar-refractivity contribution is 7.98. The van der Waals surface area contributed by atoms with Crippen molar-refractivity contribution in [1.82, 2.24) is 9.97 Å². The molecular formula is C11H11FN4OS. The van der Waals surface area contributed by atoms with E-state index in [4.69, 9.17) is 11.5 Å². The number of nitrogens with two attached hydrogens (primary N) is 2. The first-order chi connectivity index (χ1) is 8.56. The molecule has 0 amide bonds. The molecule has 0 unspecified atom stereocenters. The zero-order chi connectivity index (χ0) is 13.1. The fourth-order valence-corrected chi connectivity index (χ4v) is 2.24. The van der Waals surface area contributed by atoms with Crippen LogP contribution in [0.3, 0.4) is 0 Å². The van der Waals surface area contributed by atoms with Gasteiger partial charge >= 0.3 is 0 Å².